The van der Waals surface area contributed by atoms with Crippen molar-refractivity contribution in [3.63, 3.8) is 0 Å². The summed E-state index contributed by atoms with van der Waals surface area (Å²) in [6.45, 7) is 3.13. The molecule has 2 saturated heterocycles. The Bertz CT molecular complexity index is 363. The molecule has 2 unspecified atom stereocenters. The van der Waals surface area contributed by atoms with Crippen LogP contribution in [0, 0.1) is 5.92 Å². The second-order valence-electron chi connectivity index (χ2n) is 4.99. The number of hydrogen-bond acceptors (Lipinski definition) is 6. The van der Waals surface area contributed by atoms with Gasteiger partial charge in [-0.05, 0) is 6.92 Å². The zero-order chi connectivity index (χ0) is 14.1. The fourth-order valence-corrected chi connectivity index (χ4v) is 3.56. The van der Waals surface area contributed by atoms with E-state index in [4.69, 9.17) is 18.7 Å². The zero-order valence-corrected chi connectivity index (χ0v) is 12.3. The molecule has 0 spiro atoms. The number of phosphoric ester groups is 1. The topological polar surface area (TPSA) is 83.5 Å². The van der Waals surface area contributed by atoms with E-state index in [-0.39, 0.29) is 18.6 Å². The minimum absolute atomic E-state index is 0.117. The molecule has 0 amide bonds. The third-order valence-electron chi connectivity index (χ3n) is 3.78. The smallest absolute Gasteiger partial charge is 0.382 e. The maximum Gasteiger partial charge on any atom is 0.472 e. The van der Waals surface area contributed by atoms with E-state index in [0.717, 1.165) is 7.11 Å². The van der Waals surface area contributed by atoms with E-state index in [1.165, 1.54) is 0 Å². The highest BCUT2D eigenvalue weighted by Gasteiger charge is 2.57. The molecule has 0 radical (unpaired) electrons. The van der Waals surface area contributed by atoms with Gasteiger partial charge in [-0.3, -0.25) is 9.05 Å². The first-order chi connectivity index (χ1) is 8.94. The second-order valence-corrected chi connectivity index (χ2v) is 6.50. The molecular formula is C11H21O7P. The summed E-state index contributed by atoms with van der Waals surface area (Å²) < 4.78 is 38.3. The van der Waals surface area contributed by atoms with Crippen LogP contribution in [-0.4, -0.2) is 56.7 Å². The summed E-state index contributed by atoms with van der Waals surface area (Å²) in [6.07, 6.45) is -0.159. The van der Waals surface area contributed by atoms with Crippen LogP contribution in [0.3, 0.4) is 0 Å². The van der Waals surface area contributed by atoms with Gasteiger partial charge in [0.1, 0.15) is 11.7 Å². The van der Waals surface area contributed by atoms with Crippen LogP contribution in [0.15, 0.2) is 0 Å². The van der Waals surface area contributed by atoms with Crippen molar-refractivity contribution in [2.24, 2.45) is 5.92 Å². The van der Waals surface area contributed by atoms with Crippen molar-refractivity contribution in [2.75, 3.05) is 34.0 Å². The van der Waals surface area contributed by atoms with Crippen LogP contribution in [0.2, 0.25) is 0 Å². The van der Waals surface area contributed by atoms with Gasteiger partial charge in [0.25, 0.3) is 0 Å². The third-order valence-corrected chi connectivity index (χ3v) is 4.73. The predicted molar refractivity (Wildman–Crippen MR) is 65.8 cm³/mol. The SMILES string of the molecule is COC[C@@]12CCOCC([C@H](C)O1)[C@H]2OP(=O)(O)OC. The molecule has 0 aromatic heterocycles. The number of hydrogen-bond donors (Lipinski definition) is 1. The number of fused-ring (bicyclic) bond motifs is 2. The summed E-state index contributed by atoms with van der Waals surface area (Å²) in [7, 11) is -1.37. The van der Waals surface area contributed by atoms with Gasteiger partial charge in [-0.2, -0.15) is 0 Å². The average molecular weight is 296 g/mol. The molecule has 8 heteroatoms. The largest absolute Gasteiger partial charge is 0.472 e. The Hall–Kier alpha value is -0.0100. The highest BCUT2D eigenvalue weighted by molar-refractivity contribution is 7.47. The van der Waals surface area contributed by atoms with Crippen molar-refractivity contribution >= 4 is 7.82 Å². The van der Waals surface area contributed by atoms with Gasteiger partial charge in [-0.15, -0.1) is 0 Å². The summed E-state index contributed by atoms with van der Waals surface area (Å²) in [5, 5.41) is 0. The van der Waals surface area contributed by atoms with Crippen LogP contribution in [0.5, 0.6) is 0 Å². The Labute approximate surface area is 112 Å². The Kier molecular flexibility index (Phi) is 4.67. The van der Waals surface area contributed by atoms with Crippen molar-refractivity contribution in [3.05, 3.63) is 0 Å². The van der Waals surface area contributed by atoms with Crippen LogP contribution in [0.1, 0.15) is 13.3 Å². The van der Waals surface area contributed by atoms with Gasteiger partial charge in [-0.25, -0.2) is 4.57 Å². The van der Waals surface area contributed by atoms with Gasteiger partial charge in [0.15, 0.2) is 0 Å². The molecule has 0 aromatic carbocycles. The maximum atomic E-state index is 11.7. The van der Waals surface area contributed by atoms with Gasteiger partial charge in [0, 0.05) is 33.2 Å². The lowest BCUT2D eigenvalue weighted by Crippen LogP contribution is -2.46. The molecule has 0 saturated carbocycles. The summed E-state index contributed by atoms with van der Waals surface area (Å²) in [6, 6.07) is 0. The van der Waals surface area contributed by atoms with Crippen LogP contribution in [-0.2, 0) is 27.8 Å². The molecule has 1 N–H and O–H groups in total. The molecule has 7 nitrogen and oxygen atoms in total. The van der Waals surface area contributed by atoms with Crippen molar-refractivity contribution in [1.29, 1.82) is 0 Å². The van der Waals surface area contributed by atoms with Crippen LogP contribution in [0.25, 0.3) is 0 Å². The Morgan fingerprint density at radius 1 is 1.47 bits per heavy atom. The van der Waals surface area contributed by atoms with Crippen molar-refractivity contribution in [3.8, 4) is 0 Å². The predicted octanol–water partition coefficient (Wildman–Crippen LogP) is 0.959. The molecule has 5 atom stereocenters. The highest BCUT2D eigenvalue weighted by atomic mass is 31.2. The normalized spacial score (nSPS) is 41.8. The second kappa shape index (κ2) is 5.77. The Morgan fingerprint density at radius 2 is 2.21 bits per heavy atom. The van der Waals surface area contributed by atoms with E-state index in [2.05, 4.69) is 4.52 Å². The molecule has 2 rings (SSSR count). The lowest BCUT2D eigenvalue weighted by Gasteiger charge is -2.33. The summed E-state index contributed by atoms with van der Waals surface area (Å²) in [4.78, 5) is 9.57. The molecule has 0 aromatic rings. The molecule has 2 aliphatic heterocycles. The van der Waals surface area contributed by atoms with Crippen LogP contribution in [0.4, 0.5) is 0 Å². The average Bonchev–Trinajstić information content (AvgIpc) is 2.48. The lowest BCUT2D eigenvalue weighted by atomic mass is 9.88. The third kappa shape index (κ3) is 3.03. The summed E-state index contributed by atoms with van der Waals surface area (Å²) in [5.41, 5.74) is -0.758. The fourth-order valence-electron chi connectivity index (χ4n) is 2.84. The van der Waals surface area contributed by atoms with Gasteiger partial charge < -0.3 is 19.1 Å². The quantitative estimate of drug-likeness (QED) is 0.756. The molecular weight excluding hydrogens is 275 g/mol. The number of rotatable bonds is 5. The molecule has 2 heterocycles. The van der Waals surface area contributed by atoms with E-state index in [1.807, 2.05) is 6.92 Å². The molecule has 2 fully saturated rings. The van der Waals surface area contributed by atoms with Gasteiger partial charge >= 0.3 is 7.82 Å². The minimum Gasteiger partial charge on any atom is -0.382 e. The van der Waals surface area contributed by atoms with E-state index in [1.54, 1.807) is 7.11 Å². The number of phosphoric acid groups is 1. The first kappa shape index (κ1) is 15.4. The van der Waals surface area contributed by atoms with Crippen molar-refractivity contribution in [2.45, 2.75) is 31.2 Å². The minimum atomic E-state index is -4.08. The molecule has 0 aliphatic carbocycles. The zero-order valence-electron chi connectivity index (χ0n) is 11.4. The molecule has 19 heavy (non-hydrogen) atoms. The van der Waals surface area contributed by atoms with Gasteiger partial charge in [0.05, 0.1) is 19.3 Å². The van der Waals surface area contributed by atoms with Crippen LogP contribution < -0.4 is 0 Å². The summed E-state index contributed by atoms with van der Waals surface area (Å²) in [5.74, 6) is -0.117. The number of ether oxygens (including phenoxy) is 3. The lowest BCUT2D eigenvalue weighted by molar-refractivity contribution is -0.126. The Balaban J connectivity index is 2.27. The number of methoxy groups -OCH3 is 1. The van der Waals surface area contributed by atoms with E-state index in [0.29, 0.717) is 19.6 Å². The van der Waals surface area contributed by atoms with E-state index in [9.17, 15) is 9.46 Å². The monoisotopic (exact) mass is 296 g/mol. The van der Waals surface area contributed by atoms with Crippen molar-refractivity contribution in [1.82, 2.24) is 0 Å². The first-order valence-electron chi connectivity index (χ1n) is 6.25. The van der Waals surface area contributed by atoms with E-state index < -0.39 is 19.5 Å². The van der Waals surface area contributed by atoms with E-state index >= 15 is 0 Å². The molecule has 2 aliphatic rings. The van der Waals surface area contributed by atoms with Gasteiger partial charge in [0.2, 0.25) is 0 Å². The highest BCUT2D eigenvalue weighted by Crippen LogP contribution is 2.52. The first-order valence-corrected chi connectivity index (χ1v) is 7.75. The molecule has 112 valence electrons. The van der Waals surface area contributed by atoms with Crippen molar-refractivity contribution < 1.29 is 32.7 Å². The summed E-state index contributed by atoms with van der Waals surface area (Å²) >= 11 is 0. The fraction of sp³-hybridized carbons (Fsp3) is 1.00. The standard InChI is InChI=1S/C11H21O7P/c1-8-9-6-16-5-4-11(17-8,7-14-2)10(9)18-19(12,13)15-3/h8-10H,4-7H2,1-3H3,(H,12,13)/t8-,9?,10+,11+/m0/s1. The molecule has 2 bridgehead atoms. The van der Waals surface area contributed by atoms with Crippen LogP contribution >= 0.6 is 7.82 Å². The maximum absolute atomic E-state index is 11.7. The van der Waals surface area contributed by atoms with Gasteiger partial charge in [-0.1, -0.05) is 0 Å². The Morgan fingerprint density at radius 3 is 2.84 bits per heavy atom.